The van der Waals surface area contributed by atoms with Gasteiger partial charge in [0.15, 0.2) is 0 Å². The standard InChI is InChI=1S/C12H15F2NO3S/c1-10-2-4-11(5-3-10)19(16,17)18-7-6-15-8-12(13,14)9-15/h2-5H,6-9H2,1H3. The minimum Gasteiger partial charge on any atom is -0.289 e. The molecule has 0 radical (unpaired) electrons. The highest BCUT2D eigenvalue weighted by molar-refractivity contribution is 7.86. The Bertz CT molecular complexity index is 535. The lowest BCUT2D eigenvalue weighted by Crippen LogP contribution is -2.56. The number of likely N-dealkylation sites (tertiary alicyclic amines) is 1. The average Bonchev–Trinajstić information content (AvgIpc) is 2.26. The summed E-state index contributed by atoms with van der Waals surface area (Å²) in [5, 5.41) is 0. The van der Waals surface area contributed by atoms with Crippen molar-refractivity contribution in [3.63, 3.8) is 0 Å². The smallest absolute Gasteiger partial charge is 0.289 e. The topological polar surface area (TPSA) is 46.6 Å². The van der Waals surface area contributed by atoms with Crippen LogP contribution in [0.2, 0.25) is 0 Å². The lowest BCUT2D eigenvalue weighted by molar-refractivity contribution is -0.132. The van der Waals surface area contributed by atoms with Crippen LogP contribution in [-0.4, -0.2) is 45.5 Å². The summed E-state index contributed by atoms with van der Waals surface area (Å²) in [5.41, 5.74) is 0.946. The lowest BCUT2D eigenvalue weighted by atomic mass is 10.1. The first-order chi connectivity index (χ1) is 8.78. The van der Waals surface area contributed by atoms with Gasteiger partial charge in [-0.15, -0.1) is 0 Å². The van der Waals surface area contributed by atoms with Crippen LogP contribution in [0.1, 0.15) is 5.56 Å². The Balaban J connectivity index is 1.83. The molecular weight excluding hydrogens is 276 g/mol. The molecule has 2 rings (SSSR count). The molecule has 1 aromatic rings. The van der Waals surface area contributed by atoms with E-state index in [1.807, 2.05) is 6.92 Å². The Morgan fingerprint density at radius 2 is 1.84 bits per heavy atom. The second kappa shape index (κ2) is 5.15. The van der Waals surface area contributed by atoms with Crippen LogP contribution in [0.5, 0.6) is 0 Å². The van der Waals surface area contributed by atoms with Crippen LogP contribution in [0.15, 0.2) is 29.2 Å². The largest absolute Gasteiger partial charge is 0.297 e. The molecule has 1 fully saturated rings. The Morgan fingerprint density at radius 3 is 2.37 bits per heavy atom. The molecule has 1 aliphatic heterocycles. The van der Waals surface area contributed by atoms with Crippen LogP contribution in [0.4, 0.5) is 8.78 Å². The summed E-state index contributed by atoms with van der Waals surface area (Å²) in [6, 6.07) is 6.27. The quantitative estimate of drug-likeness (QED) is 0.774. The van der Waals surface area contributed by atoms with Gasteiger partial charge in [-0.1, -0.05) is 17.7 Å². The predicted octanol–water partition coefficient (Wildman–Crippen LogP) is 1.65. The fraction of sp³-hybridized carbons (Fsp3) is 0.500. The molecule has 19 heavy (non-hydrogen) atoms. The van der Waals surface area contributed by atoms with Crippen molar-refractivity contribution < 1.29 is 21.4 Å². The Kier molecular flexibility index (Phi) is 3.89. The molecule has 0 amide bonds. The molecule has 1 heterocycles. The number of halogens is 2. The van der Waals surface area contributed by atoms with E-state index >= 15 is 0 Å². The first kappa shape index (κ1) is 14.4. The van der Waals surface area contributed by atoms with Crippen LogP contribution in [0.3, 0.4) is 0 Å². The van der Waals surface area contributed by atoms with E-state index in [0.717, 1.165) is 5.56 Å². The maximum Gasteiger partial charge on any atom is 0.297 e. The maximum absolute atomic E-state index is 12.6. The molecule has 0 aromatic heterocycles. The number of benzene rings is 1. The van der Waals surface area contributed by atoms with E-state index in [1.165, 1.54) is 17.0 Å². The van der Waals surface area contributed by atoms with Crippen LogP contribution in [0.25, 0.3) is 0 Å². The van der Waals surface area contributed by atoms with E-state index in [9.17, 15) is 17.2 Å². The summed E-state index contributed by atoms with van der Waals surface area (Å²) in [6.07, 6.45) is 0. The number of alkyl halides is 2. The molecule has 0 bridgehead atoms. The second-order valence-electron chi connectivity index (χ2n) is 4.66. The van der Waals surface area contributed by atoms with E-state index < -0.39 is 16.0 Å². The van der Waals surface area contributed by atoms with Crippen molar-refractivity contribution in [2.24, 2.45) is 0 Å². The summed E-state index contributed by atoms with van der Waals surface area (Å²) in [6.45, 7) is 1.25. The molecule has 0 atom stereocenters. The van der Waals surface area contributed by atoms with Crippen LogP contribution in [-0.2, 0) is 14.3 Å². The lowest BCUT2D eigenvalue weighted by Gasteiger charge is -2.38. The fourth-order valence-corrected chi connectivity index (χ4v) is 2.71. The third-order valence-corrected chi connectivity index (χ3v) is 4.19. The number of hydrogen-bond donors (Lipinski definition) is 0. The number of hydrogen-bond acceptors (Lipinski definition) is 4. The SMILES string of the molecule is Cc1ccc(S(=O)(=O)OCCN2CC(F)(F)C2)cc1. The molecular formula is C12H15F2NO3S. The molecule has 0 unspecified atom stereocenters. The monoisotopic (exact) mass is 291 g/mol. The first-order valence-corrected chi connectivity index (χ1v) is 7.26. The number of rotatable bonds is 5. The molecule has 1 saturated heterocycles. The van der Waals surface area contributed by atoms with Gasteiger partial charge in [0, 0.05) is 6.54 Å². The first-order valence-electron chi connectivity index (χ1n) is 5.85. The summed E-state index contributed by atoms with van der Waals surface area (Å²) in [7, 11) is -3.80. The summed E-state index contributed by atoms with van der Waals surface area (Å²) in [4.78, 5) is 1.53. The Labute approximate surface area is 111 Å². The molecule has 1 aliphatic rings. The van der Waals surface area contributed by atoms with Crippen molar-refractivity contribution in [1.29, 1.82) is 0 Å². The molecule has 0 N–H and O–H groups in total. The van der Waals surface area contributed by atoms with E-state index in [2.05, 4.69) is 0 Å². The van der Waals surface area contributed by atoms with Crippen LogP contribution in [0, 0.1) is 6.92 Å². The molecule has 4 nitrogen and oxygen atoms in total. The molecule has 106 valence electrons. The average molecular weight is 291 g/mol. The zero-order valence-electron chi connectivity index (χ0n) is 10.5. The van der Waals surface area contributed by atoms with Gasteiger partial charge in [0.1, 0.15) is 0 Å². The minimum absolute atomic E-state index is 0.0760. The van der Waals surface area contributed by atoms with E-state index in [1.54, 1.807) is 12.1 Å². The molecule has 0 saturated carbocycles. The number of nitrogens with zero attached hydrogens (tertiary/aromatic N) is 1. The molecule has 0 aliphatic carbocycles. The van der Waals surface area contributed by atoms with Crippen LogP contribution >= 0.6 is 0 Å². The van der Waals surface area contributed by atoms with E-state index in [4.69, 9.17) is 4.18 Å². The van der Waals surface area contributed by atoms with Gasteiger partial charge < -0.3 is 0 Å². The van der Waals surface area contributed by atoms with Gasteiger partial charge in [0.2, 0.25) is 0 Å². The maximum atomic E-state index is 12.6. The van der Waals surface area contributed by atoms with Crippen molar-refractivity contribution >= 4 is 10.1 Å². The predicted molar refractivity (Wildman–Crippen MR) is 65.7 cm³/mol. The highest BCUT2D eigenvalue weighted by atomic mass is 32.2. The van der Waals surface area contributed by atoms with Gasteiger partial charge in [-0.25, -0.2) is 8.78 Å². The number of aryl methyl sites for hydroxylation is 1. The van der Waals surface area contributed by atoms with Gasteiger partial charge in [-0.2, -0.15) is 8.42 Å². The van der Waals surface area contributed by atoms with Gasteiger partial charge in [-0.05, 0) is 19.1 Å². The van der Waals surface area contributed by atoms with Crippen molar-refractivity contribution in [3.8, 4) is 0 Å². The van der Waals surface area contributed by atoms with Crippen molar-refractivity contribution in [3.05, 3.63) is 29.8 Å². The van der Waals surface area contributed by atoms with Crippen molar-refractivity contribution in [2.45, 2.75) is 17.7 Å². The Morgan fingerprint density at radius 1 is 1.26 bits per heavy atom. The normalized spacial score (nSPS) is 19.1. The molecule has 7 heteroatoms. The van der Waals surface area contributed by atoms with Gasteiger partial charge in [0.25, 0.3) is 16.0 Å². The van der Waals surface area contributed by atoms with Gasteiger partial charge in [0.05, 0.1) is 24.6 Å². The summed E-state index contributed by atoms with van der Waals surface area (Å²) < 4.78 is 53.5. The molecule has 0 spiro atoms. The zero-order chi connectivity index (χ0) is 14.1. The van der Waals surface area contributed by atoms with E-state index in [0.29, 0.717) is 0 Å². The third kappa shape index (κ3) is 3.71. The second-order valence-corrected chi connectivity index (χ2v) is 6.27. The minimum atomic E-state index is -3.80. The van der Waals surface area contributed by atoms with Gasteiger partial charge >= 0.3 is 0 Å². The fourth-order valence-electron chi connectivity index (χ4n) is 1.82. The molecule has 1 aromatic carbocycles. The zero-order valence-corrected chi connectivity index (χ0v) is 11.3. The highest BCUT2D eigenvalue weighted by Gasteiger charge is 2.43. The van der Waals surface area contributed by atoms with Crippen LogP contribution < -0.4 is 0 Å². The van der Waals surface area contributed by atoms with Gasteiger partial charge in [-0.3, -0.25) is 9.08 Å². The summed E-state index contributed by atoms with van der Waals surface area (Å²) >= 11 is 0. The highest BCUT2D eigenvalue weighted by Crippen LogP contribution is 2.26. The third-order valence-electron chi connectivity index (χ3n) is 2.87. The summed E-state index contributed by atoms with van der Waals surface area (Å²) in [5.74, 6) is -2.64. The Hall–Kier alpha value is -1.05. The van der Waals surface area contributed by atoms with Crippen molar-refractivity contribution in [2.75, 3.05) is 26.2 Å². The van der Waals surface area contributed by atoms with Crippen molar-refractivity contribution in [1.82, 2.24) is 4.90 Å². The van der Waals surface area contributed by atoms with E-state index in [-0.39, 0.29) is 31.1 Å².